The highest BCUT2D eigenvalue weighted by molar-refractivity contribution is 5.69. The minimum atomic E-state index is -0.904. The van der Waals surface area contributed by atoms with E-state index in [0.29, 0.717) is 0 Å². The third kappa shape index (κ3) is 7.81. The molecule has 0 radical (unpaired) electrons. The molecule has 6 nitrogen and oxygen atoms in total. The van der Waals surface area contributed by atoms with Crippen LogP contribution < -0.4 is 5.32 Å². The molecular formula is C10H17NO5. The molecule has 0 saturated carbocycles. The van der Waals surface area contributed by atoms with Crippen LogP contribution in [-0.4, -0.2) is 43.5 Å². The highest BCUT2D eigenvalue weighted by Gasteiger charge is 2.10. The number of carbonyl (C=O) groups is 2. The molecule has 0 aromatic rings. The van der Waals surface area contributed by atoms with Crippen LogP contribution in [0, 0.1) is 5.92 Å². The van der Waals surface area contributed by atoms with Crippen LogP contribution in [0.25, 0.3) is 0 Å². The lowest BCUT2D eigenvalue weighted by atomic mass is 10.2. The highest BCUT2D eigenvalue weighted by atomic mass is 16.5. The number of rotatable bonds is 8. The number of nitrogens with one attached hydrogen (secondary N) is 1. The minimum absolute atomic E-state index is 0.124. The van der Waals surface area contributed by atoms with Crippen molar-refractivity contribution in [1.29, 1.82) is 0 Å². The van der Waals surface area contributed by atoms with E-state index >= 15 is 0 Å². The number of amides is 1. The fourth-order valence-electron chi connectivity index (χ4n) is 0.742. The number of hydrogen-bond donors (Lipinski definition) is 2. The standard InChI is InChI=1S/C10H17NO5/c1-3-5-16-10(14)11-4-6-15-7-8(2)9(12)13/h3,8H,1,4-7H2,2H3,(H,11,14)(H,12,13)/t8-/m0/s1. The van der Waals surface area contributed by atoms with Crippen LogP contribution in [0.3, 0.4) is 0 Å². The van der Waals surface area contributed by atoms with Crippen molar-refractivity contribution in [1.82, 2.24) is 5.32 Å². The Hall–Kier alpha value is -1.56. The van der Waals surface area contributed by atoms with Gasteiger partial charge in [-0.3, -0.25) is 4.79 Å². The number of ether oxygens (including phenoxy) is 2. The Morgan fingerprint density at radius 2 is 2.25 bits per heavy atom. The van der Waals surface area contributed by atoms with Gasteiger partial charge in [-0.1, -0.05) is 12.7 Å². The number of aliphatic carboxylic acids is 1. The maximum Gasteiger partial charge on any atom is 0.407 e. The van der Waals surface area contributed by atoms with Crippen molar-refractivity contribution in [2.45, 2.75) is 6.92 Å². The number of carbonyl (C=O) groups excluding carboxylic acids is 1. The molecule has 1 amide bonds. The van der Waals surface area contributed by atoms with Gasteiger partial charge in [-0.15, -0.1) is 0 Å². The summed E-state index contributed by atoms with van der Waals surface area (Å²) >= 11 is 0. The van der Waals surface area contributed by atoms with Gasteiger partial charge >= 0.3 is 12.1 Å². The van der Waals surface area contributed by atoms with Gasteiger partial charge in [0.25, 0.3) is 0 Å². The third-order valence-electron chi connectivity index (χ3n) is 1.64. The van der Waals surface area contributed by atoms with Crippen LogP contribution >= 0.6 is 0 Å². The molecule has 0 unspecified atom stereocenters. The zero-order chi connectivity index (χ0) is 12.4. The maximum atomic E-state index is 10.9. The summed E-state index contributed by atoms with van der Waals surface area (Å²) < 4.78 is 9.68. The first-order chi connectivity index (χ1) is 7.57. The molecule has 0 aliphatic carbocycles. The Morgan fingerprint density at radius 3 is 2.81 bits per heavy atom. The van der Waals surface area contributed by atoms with E-state index in [9.17, 15) is 9.59 Å². The second-order valence-corrected chi connectivity index (χ2v) is 3.13. The average molecular weight is 231 g/mol. The maximum absolute atomic E-state index is 10.9. The Balaban J connectivity index is 3.36. The van der Waals surface area contributed by atoms with E-state index in [4.69, 9.17) is 9.84 Å². The molecule has 0 aliphatic heterocycles. The van der Waals surface area contributed by atoms with Crippen molar-refractivity contribution in [2.75, 3.05) is 26.4 Å². The van der Waals surface area contributed by atoms with Gasteiger partial charge in [0.2, 0.25) is 0 Å². The van der Waals surface area contributed by atoms with Crippen molar-refractivity contribution in [3.63, 3.8) is 0 Å². The topological polar surface area (TPSA) is 84.9 Å². The molecule has 0 saturated heterocycles. The van der Waals surface area contributed by atoms with Crippen molar-refractivity contribution in [3.8, 4) is 0 Å². The Bertz CT molecular complexity index is 241. The molecule has 0 aliphatic rings. The van der Waals surface area contributed by atoms with E-state index in [-0.39, 0.29) is 26.4 Å². The van der Waals surface area contributed by atoms with Crippen molar-refractivity contribution in [2.24, 2.45) is 5.92 Å². The summed E-state index contributed by atoms with van der Waals surface area (Å²) in [6.45, 7) is 5.75. The third-order valence-corrected chi connectivity index (χ3v) is 1.64. The van der Waals surface area contributed by atoms with Gasteiger partial charge in [0.05, 0.1) is 19.1 Å². The summed E-state index contributed by atoms with van der Waals surface area (Å²) in [6, 6.07) is 0. The first-order valence-electron chi connectivity index (χ1n) is 4.90. The fraction of sp³-hybridized carbons (Fsp3) is 0.600. The molecule has 6 heteroatoms. The van der Waals surface area contributed by atoms with Gasteiger partial charge in [0.15, 0.2) is 0 Å². The van der Waals surface area contributed by atoms with Gasteiger partial charge in [-0.2, -0.15) is 0 Å². The largest absolute Gasteiger partial charge is 0.481 e. The first kappa shape index (κ1) is 14.4. The second kappa shape index (κ2) is 8.72. The summed E-state index contributed by atoms with van der Waals surface area (Å²) in [4.78, 5) is 21.3. The molecule has 0 aromatic heterocycles. The summed E-state index contributed by atoms with van der Waals surface area (Å²) in [7, 11) is 0. The Morgan fingerprint density at radius 1 is 1.56 bits per heavy atom. The lowest BCUT2D eigenvalue weighted by molar-refractivity contribution is -0.143. The number of alkyl carbamates (subject to hydrolysis) is 1. The van der Waals surface area contributed by atoms with Crippen LogP contribution in [0.15, 0.2) is 12.7 Å². The molecule has 0 spiro atoms. The summed E-state index contributed by atoms with van der Waals surface area (Å²) in [6.07, 6.45) is 0.916. The summed E-state index contributed by atoms with van der Waals surface area (Å²) in [5, 5.41) is 11.0. The predicted octanol–water partition coefficient (Wildman–Crippen LogP) is 0.636. The fourth-order valence-corrected chi connectivity index (χ4v) is 0.742. The van der Waals surface area contributed by atoms with Crippen LogP contribution in [-0.2, 0) is 14.3 Å². The number of carboxylic acids is 1. The molecular weight excluding hydrogens is 214 g/mol. The van der Waals surface area contributed by atoms with Crippen molar-refractivity contribution >= 4 is 12.1 Å². The second-order valence-electron chi connectivity index (χ2n) is 3.13. The summed E-state index contributed by atoms with van der Waals surface area (Å²) in [5.41, 5.74) is 0. The van der Waals surface area contributed by atoms with Gasteiger partial charge < -0.3 is 19.9 Å². The van der Waals surface area contributed by atoms with Gasteiger partial charge in [0, 0.05) is 6.54 Å². The lowest BCUT2D eigenvalue weighted by Crippen LogP contribution is -2.29. The molecule has 0 rings (SSSR count). The van der Waals surface area contributed by atoms with Crippen LogP contribution in [0.4, 0.5) is 4.79 Å². The van der Waals surface area contributed by atoms with Crippen LogP contribution in [0.2, 0.25) is 0 Å². The molecule has 0 bridgehead atoms. The first-order valence-corrected chi connectivity index (χ1v) is 4.90. The van der Waals surface area contributed by atoms with Gasteiger partial charge in [0.1, 0.15) is 6.61 Å². The van der Waals surface area contributed by atoms with E-state index in [1.54, 1.807) is 6.92 Å². The summed E-state index contributed by atoms with van der Waals surface area (Å²) in [5.74, 6) is -1.45. The lowest BCUT2D eigenvalue weighted by Gasteiger charge is -2.08. The Labute approximate surface area is 94.2 Å². The van der Waals surface area contributed by atoms with Crippen LogP contribution in [0.5, 0.6) is 0 Å². The SMILES string of the molecule is C=CCOC(=O)NCCOC[C@H](C)C(=O)O. The number of hydrogen-bond acceptors (Lipinski definition) is 4. The van der Waals surface area contributed by atoms with E-state index in [1.807, 2.05) is 0 Å². The van der Waals surface area contributed by atoms with Gasteiger partial charge in [-0.25, -0.2) is 4.79 Å². The normalized spacial score (nSPS) is 11.6. The quantitative estimate of drug-likeness (QED) is 0.473. The van der Waals surface area contributed by atoms with E-state index < -0.39 is 18.0 Å². The predicted molar refractivity (Wildman–Crippen MR) is 57.2 cm³/mol. The minimum Gasteiger partial charge on any atom is -0.481 e. The van der Waals surface area contributed by atoms with Crippen molar-refractivity contribution < 1.29 is 24.2 Å². The molecule has 16 heavy (non-hydrogen) atoms. The average Bonchev–Trinajstić information content (AvgIpc) is 2.25. The smallest absolute Gasteiger partial charge is 0.407 e. The molecule has 2 N–H and O–H groups in total. The van der Waals surface area contributed by atoms with E-state index in [1.165, 1.54) is 6.08 Å². The van der Waals surface area contributed by atoms with Crippen molar-refractivity contribution in [3.05, 3.63) is 12.7 Å². The Kier molecular flexibility index (Phi) is 7.87. The number of carboxylic acid groups (broad SMARTS) is 1. The molecule has 0 heterocycles. The van der Waals surface area contributed by atoms with Crippen LogP contribution in [0.1, 0.15) is 6.92 Å². The van der Waals surface area contributed by atoms with Gasteiger partial charge in [-0.05, 0) is 6.92 Å². The zero-order valence-electron chi connectivity index (χ0n) is 9.27. The molecule has 0 aromatic carbocycles. The molecule has 1 atom stereocenters. The van der Waals surface area contributed by atoms with E-state index in [2.05, 4.69) is 16.6 Å². The van der Waals surface area contributed by atoms with E-state index in [0.717, 1.165) is 0 Å². The molecule has 92 valence electrons. The molecule has 0 fully saturated rings. The highest BCUT2D eigenvalue weighted by Crippen LogP contribution is 1.94. The zero-order valence-corrected chi connectivity index (χ0v) is 9.27. The monoisotopic (exact) mass is 231 g/mol.